The van der Waals surface area contributed by atoms with Gasteiger partial charge in [0.25, 0.3) is 0 Å². The molecule has 3 aromatic rings. The fourth-order valence-electron chi connectivity index (χ4n) is 3.43. The molecule has 1 N–H and O–H groups in total. The van der Waals surface area contributed by atoms with Crippen LogP contribution in [0.1, 0.15) is 19.3 Å². The van der Waals surface area contributed by atoms with Crippen LogP contribution >= 0.6 is 23.4 Å². The van der Waals surface area contributed by atoms with E-state index < -0.39 is 0 Å². The van der Waals surface area contributed by atoms with E-state index in [2.05, 4.69) is 44.7 Å². The second kappa shape index (κ2) is 9.96. The Labute approximate surface area is 185 Å². The summed E-state index contributed by atoms with van der Waals surface area (Å²) >= 11 is 7.41. The summed E-state index contributed by atoms with van der Waals surface area (Å²) in [7, 11) is 0. The van der Waals surface area contributed by atoms with Crippen LogP contribution in [0.15, 0.2) is 65.7 Å². The van der Waals surface area contributed by atoms with Gasteiger partial charge in [-0.25, -0.2) is 0 Å². The van der Waals surface area contributed by atoms with Crippen molar-refractivity contribution < 1.29 is 4.79 Å². The SMILES string of the molecule is O=C(CSc1ccc(-c2ccc(N3CCCCC3)cc2)nn1)Nc1ccccc1Cl. The van der Waals surface area contributed by atoms with E-state index >= 15 is 0 Å². The first kappa shape index (κ1) is 20.7. The van der Waals surface area contributed by atoms with E-state index in [9.17, 15) is 4.79 Å². The predicted molar refractivity (Wildman–Crippen MR) is 124 cm³/mol. The number of nitrogens with zero attached hydrogens (tertiary/aromatic N) is 3. The molecule has 1 saturated heterocycles. The van der Waals surface area contributed by atoms with Gasteiger partial charge in [-0.2, -0.15) is 0 Å². The van der Waals surface area contributed by atoms with E-state index in [-0.39, 0.29) is 11.7 Å². The highest BCUT2D eigenvalue weighted by Crippen LogP contribution is 2.25. The predicted octanol–water partition coefficient (Wildman–Crippen LogP) is 5.52. The third-order valence-corrected chi connectivity index (χ3v) is 6.27. The smallest absolute Gasteiger partial charge is 0.234 e. The fourth-order valence-corrected chi connectivity index (χ4v) is 4.23. The Morgan fingerprint density at radius 2 is 1.73 bits per heavy atom. The van der Waals surface area contributed by atoms with Crippen molar-refractivity contribution in [2.45, 2.75) is 24.3 Å². The number of benzene rings is 2. The Hall–Kier alpha value is -2.57. The Morgan fingerprint density at radius 3 is 2.43 bits per heavy atom. The summed E-state index contributed by atoms with van der Waals surface area (Å²) in [6.45, 7) is 2.27. The minimum absolute atomic E-state index is 0.132. The van der Waals surface area contributed by atoms with E-state index in [1.54, 1.807) is 12.1 Å². The molecule has 2 aromatic carbocycles. The van der Waals surface area contributed by atoms with Gasteiger partial charge in [0.15, 0.2) is 0 Å². The van der Waals surface area contributed by atoms with E-state index in [1.807, 2.05) is 24.3 Å². The number of carbonyl (C=O) groups excluding carboxylic acids is 1. The summed E-state index contributed by atoms with van der Waals surface area (Å²) in [6, 6.07) is 19.5. The molecule has 0 unspecified atom stereocenters. The minimum atomic E-state index is -0.132. The number of anilines is 2. The number of carbonyl (C=O) groups is 1. The highest BCUT2D eigenvalue weighted by molar-refractivity contribution is 7.99. The van der Waals surface area contributed by atoms with Crippen LogP contribution in [0.25, 0.3) is 11.3 Å². The first-order valence-electron chi connectivity index (χ1n) is 10.1. The highest BCUT2D eigenvalue weighted by Gasteiger charge is 2.11. The van der Waals surface area contributed by atoms with Gasteiger partial charge >= 0.3 is 0 Å². The van der Waals surface area contributed by atoms with Gasteiger partial charge < -0.3 is 10.2 Å². The van der Waals surface area contributed by atoms with Gasteiger partial charge in [0.05, 0.1) is 22.2 Å². The zero-order chi connectivity index (χ0) is 20.8. The van der Waals surface area contributed by atoms with Gasteiger partial charge in [0.2, 0.25) is 5.91 Å². The van der Waals surface area contributed by atoms with Crippen molar-refractivity contribution in [3.05, 3.63) is 65.7 Å². The minimum Gasteiger partial charge on any atom is -0.372 e. The number of rotatable bonds is 6. The van der Waals surface area contributed by atoms with Gasteiger partial charge in [-0.3, -0.25) is 4.79 Å². The van der Waals surface area contributed by atoms with Gasteiger partial charge in [0, 0.05) is 24.3 Å². The van der Waals surface area contributed by atoms with Gasteiger partial charge in [-0.15, -0.1) is 10.2 Å². The van der Waals surface area contributed by atoms with Crippen molar-refractivity contribution in [2.75, 3.05) is 29.1 Å². The molecule has 1 aliphatic heterocycles. The number of para-hydroxylation sites is 1. The molecule has 1 aliphatic rings. The molecular formula is C23H23ClN4OS. The molecule has 1 fully saturated rings. The largest absolute Gasteiger partial charge is 0.372 e. The molecule has 7 heteroatoms. The van der Waals surface area contributed by atoms with E-state index in [0.29, 0.717) is 15.7 Å². The monoisotopic (exact) mass is 438 g/mol. The van der Waals surface area contributed by atoms with E-state index in [1.165, 1.54) is 36.7 Å². The average molecular weight is 439 g/mol. The number of piperidine rings is 1. The van der Waals surface area contributed by atoms with Crippen LogP contribution < -0.4 is 10.2 Å². The summed E-state index contributed by atoms with van der Waals surface area (Å²) in [6.07, 6.45) is 3.86. The molecular weight excluding hydrogens is 416 g/mol. The van der Waals surface area contributed by atoms with Crippen LogP contribution in [0.4, 0.5) is 11.4 Å². The molecule has 30 heavy (non-hydrogen) atoms. The fraction of sp³-hybridized carbons (Fsp3) is 0.261. The van der Waals surface area contributed by atoms with Crippen molar-refractivity contribution in [1.82, 2.24) is 10.2 Å². The maximum atomic E-state index is 12.1. The Bertz CT molecular complexity index is 989. The first-order chi connectivity index (χ1) is 14.7. The number of nitrogens with one attached hydrogen (secondary N) is 1. The molecule has 0 atom stereocenters. The number of halogens is 1. The number of aromatic nitrogens is 2. The zero-order valence-corrected chi connectivity index (χ0v) is 18.1. The topological polar surface area (TPSA) is 58.1 Å². The molecule has 0 saturated carbocycles. The van der Waals surface area contributed by atoms with Crippen LogP contribution in [0, 0.1) is 0 Å². The summed E-state index contributed by atoms with van der Waals surface area (Å²) in [5, 5.41) is 12.6. The Balaban J connectivity index is 1.32. The molecule has 0 bridgehead atoms. The summed E-state index contributed by atoms with van der Waals surface area (Å²) < 4.78 is 0. The summed E-state index contributed by atoms with van der Waals surface area (Å²) in [5.41, 5.74) is 3.74. The zero-order valence-electron chi connectivity index (χ0n) is 16.6. The molecule has 2 heterocycles. The highest BCUT2D eigenvalue weighted by atomic mass is 35.5. The molecule has 1 amide bonds. The number of thioether (sulfide) groups is 1. The lowest BCUT2D eigenvalue weighted by Crippen LogP contribution is -2.29. The third-order valence-electron chi connectivity index (χ3n) is 5.02. The normalized spacial score (nSPS) is 13.8. The number of amides is 1. The molecule has 1 aromatic heterocycles. The quantitative estimate of drug-likeness (QED) is 0.513. The lowest BCUT2D eigenvalue weighted by molar-refractivity contribution is -0.113. The van der Waals surface area contributed by atoms with Crippen molar-refractivity contribution in [1.29, 1.82) is 0 Å². The molecule has 154 valence electrons. The van der Waals surface area contributed by atoms with Crippen molar-refractivity contribution in [3.63, 3.8) is 0 Å². The lowest BCUT2D eigenvalue weighted by Gasteiger charge is -2.28. The maximum Gasteiger partial charge on any atom is 0.234 e. The Morgan fingerprint density at radius 1 is 0.967 bits per heavy atom. The maximum absolute atomic E-state index is 12.1. The molecule has 0 spiro atoms. The second-order valence-electron chi connectivity index (χ2n) is 7.17. The van der Waals surface area contributed by atoms with Crippen LogP contribution in [0.5, 0.6) is 0 Å². The Kier molecular flexibility index (Phi) is 6.87. The van der Waals surface area contributed by atoms with Crippen LogP contribution in [0.2, 0.25) is 5.02 Å². The summed E-state index contributed by atoms with van der Waals surface area (Å²) in [5.74, 6) is 0.108. The van der Waals surface area contributed by atoms with Gasteiger partial charge in [0.1, 0.15) is 5.03 Å². The third kappa shape index (κ3) is 5.32. The first-order valence-corrected chi connectivity index (χ1v) is 11.4. The van der Waals surface area contributed by atoms with Crippen molar-refractivity contribution in [3.8, 4) is 11.3 Å². The lowest BCUT2D eigenvalue weighted by atomic mass is 10.1. The average Bonchev–Trinajstić information content (AvgIpc) is 2.80. The van der Waals surface area contributed by atoms with E-state index in [4.69, 9.17) is 11.6 Å². The van der Waals surface area contributed by atoms with Gasteiger partial charge in [-0.05, 0) is 55.7 Å². The summed E-state index contributed by atoms with van der Waals surface area (Å²) in [4.78, 5) is 14.6. The molecule has 4 rings (SSSR count). The van der Waals surface area contributed by atoms with Crippen molar-refractivity contribution >= 4 is 40.6 Å². The molecule has 0 radical (unpaired) electrons. The van der Waals surface area contributed by atoms with Crippen LogP contribution in [-0.4, -0.2) is 34.9 Å². The van der Waals surface area contributed by atoms with E-state index in [0.717, 1.165) is 24.3 Å². The molecule has 0 aliphatic carbocycles. The standard InChI is InChI=1S/C23H23ClN4OS/c24-19-6-2-3-7-21(19)25-22(29)16-30-23-13-12-20(26-27-23)17-8-10-18(11-9-17)28-14-4-1-5-15-28/h2-3,6-13H,1,4-5,14-16H2,(H,25,29). The van der Waals surface area contributed by atoms with Crippen LogP contribution in [0.3, 0.4) is 0 Å². The number of hydrogen-bond donors (Lipinski definition) is 1. The molecule has 5 nitrogen and oxygen atoms in total. The second-order valence-corrected chi connectivity index (χ2v) is 8.57. The van der Waals surface area contributed by atoms with Gasteiger partial charge in [-0.1, -0.05) is 47.6 Å². The van der Waals surface area contributed by atoms with Crippen LogP contribution in [-0.2, 0) is 4.79 Å². The number of hydrogen-bond acceptors (Lipinski definition) is 5. The van der Waals surface area contributed by atoms with Crippen molar-refractivity contribution in [2.24, 2.45) is 0 Å².